The molecule has 0 fully saturated rings. The van der Waals surface area contributed by atoms with Crippen molar-refractivity contribution in [2.24, 2.45) is 0 Å². The van der Waals surface area contributed by atoms with Crippen molar-refractivity contribution in [2.45, 2.75) is 32.8 Å². The molecule has 1 N–H and O–H groups in total. The maximum atomic E-state index is 12.4. The average Bonchev–Trinajstić information content (AvgIpc) is 2.61. The zero-order valence-electron chi connectivity index (χ0n) is 15.0. The number of carbonyl (C=O) groups excluding carboxylic acids is 1. The third kappa shape index (κ3) is 5.38. The molecular weight excluding hydrogens is 314 g/mol. The van der Waals surface area contributed by atoms with Crippen LogP contribution in [-0.2, 0) is 4.79 Å². The van der Waals surface area contributed by atoms with Gasteiger partial charge in [-0.1, -0.05) is 44.7 Å². The standard InChI is InChI=1S/C21H25NO3/c1-5-14-24-18-12-10-17(11-13-18)22-21(23)16(4)25-20-9-7-6-8-19(20)15(2)3/h5-13,15-16H,1,14H2,2-4H3,(H,22,23)/t16-/m0/s1. The topological polar surface area (TPSA) is 47.6 Å². The van der Waals surface area contributed by atoms with E-state index in [9.17, 15) is 4.79 Å². The summed E-state index contributed by atoms with van der Waals surface area (Å²) in [5.74, 6) is 1.61. The molecule has 2 aromatic carbocycles. The second-order valence-corrected chi connectivity index (χ2v) is 6.07. The van der Waals surface area contributed by atoms with E-state index < -0.39 is 6.10 Å². The first-order valence-corrected chi connectivity index (χ1v) is 8.41. The van der Waals surface area contributed by atoms with Crippen LogP contribution >= 0.6 is 0 Å². The number of anilines is 1. The van der Waals surface area contributed by atoms with Gasteiger partial charge in [0.1, 0.15) is 18.1 Å². The van der Waals surface area contributed by atoms with Crippen molar-refractivity contribution in [2.75, 3.05) is 11.9 Å². The molecule has 0 saturated heterocycles. The van der Waals surface area contributed by atoms with E-state index >= 15 is 0 Å². The van der Waals surface area contributed by atoms with Gasteiger partial charge in [-0.3, -0.25) is 4.79 Å². The van der Waals surface area contributed by atoms with E-state index in [0.717, 1.165) is 17.1 Å². The number of amides is 1. The molecule has 0 unspecified atom stereocenters. The molecule has 0 spiro atoms. The summed E-state index contributed by atoms with van der Waals surface area (Å²) in [7, 11) is 0. The van der Waals surface area contributed by atoms with Crippen LogP contribution in [0.3, 0.4) is 0 Å². The SMILES string of the molecule is C=CCOc1ccc(NC(=O)[C@H](C)Oc2ccccc2C(C)C)cc1. The van der Waals surface area contributed by atoms with Crippen molar-refractivity contribution in [3.05, 3.63) is 66.7 Å². The first-order chi connectivity index (χ1) is 12.0. The van der Waals surface area contributed by atoms with Gasteiger partial charge in [-0.2, -0.15) is 0 Å². The van der Waals surface area contributed by atoms with Crippen LogP contribution in [0, 0.1) is 0 Å². The van der Waals surface area contributed by atoms with Gasteiger partial charge in [-0.15, -0.1) is 0 Å². The van der Waals surface area contributed by atoms with Crippen LogP contribution in [0.1, 0.15) is 32.3 Å². The van der Waals surface area contributed by atoms with Gasteiger partial charge in [-0.05, 0) is 48.7 Å². The second kappa shape index (κ2) is 8.92. The van der Waals surface area contributed by atoms with Crippen LogP contribution in [0.15, 0.2) is 61.2 Å². The van der Waals surface area contributed by atoms with Crippen LogP contribution in [0.5, 0.6) is 11.5 Å². The molecule has 2 aromatic rings. The number of rotatable bonds is 8. The molecule has 0 aromatic heterocycles. The summed E-state index contributed by atoms with van der Waals surface area (Å²) in [6.45, 7) is 10.0. The number of benzene rings is 2. The maximum Gasteiger partial charge on any atom is 0.265 e. The molecule has 0 aliphatic heterocycles. The average molecular weight is 339 g/mol. The lowest BCUT2D eigenvalue weighted by atomic mass is 10.0. The van der Waals surface area contributed by atoms with E-state index in [2.05, 4.69) is 25.7 Å². The van der Waals surface area contributed by atoms with Crippen molar-refractivity contribution < 1.29 is 14.3 Å². The largest absolute Gasteiger partial charge is 0.490 e. The zero-order valence-corrected chi connectivity index (χ0v) is 15.0. The molecule has 0 heterocycles. The number of carbonyl (C=O) groups is 1. The number of ether oxygens (including phenoxy) is 2. The summed E-state index contributed by atoms with van der Waals surface area (Å²) in [5, 5.41) is 2.85. The molecule has 1 atom stereocenters. The Labute approximate surface area is 149 Å². The van der Waals surface area contributed by atoms with E-state index in [1.165, 1.54) is 0 Å². The highest BCUT2D eigenvalue weighted by atomic mass is 16.5. The Morgan fingerprint density at radius 2 is 1.80 bits per heavy atom. The van der Waals surface area contributed by atoms with Gasteiger partial charge < -0.3 is 14.8 Å². The lowest BCUT2D eigenvalue weighted by molar-refractivity contribution is -0.122. The first kappa shape index (κ1) is 18.6. The Kier molecular flexibility index (Phi) is 6.63. The smallest absolute Gasteiger partial charge is 0.265 e. The molecule has 0 aliphatic carbocycles. The highest BCUT2D eigenvalue weighted by Crippen LogP contribution is 2.27. The lowest BCUT2D eigenvalue weighted by Crippen LogP contribution is -2.30. The van der Waals surface area contributed by atoms with Crippen LogP contribution in [0.25, 0.3) is 0 Å². The number of hydrogen-bond donors (Lipinski definition) is 1. The monoisotopic (exact) mass is 339 g/mol. The number of para-hydroxylation sites is 1. The van der Waals surface area contributed by atoms with Crippen molar-refractivity contribution in [1.82, 2.24) is 0 Å². The van der Waals surface area contributed by atoms with Gasteiger partial charge in [0.05, 0.1) is 0 Å². The quantitative estimate of drug-likeness (QED) is 0.704. The van der Waals surface area contributed by atoms with Gasteiger partial charge in [-0.25, -0.2) is 0 Å². The maximum absolute atomic E-state index is 12.4. The van der Waals surface area contributed by atoms with Crippen molar-refractivity contribution in [3.63, 3.8) is 0 Å². The Morgan fingerprint density at radius 3 is 2.44 bits per heavy atom. The van der Waals surface area contributed by atoms with Gasteiger partial charge in [0.25, 0.3) is 5.91 Å². The van der Waals surface area contributed by atoms with Gasteiger partial charge in [0.15, 0.2) is 6.10 Å². The van der Waals surface area contributed by atoms with Gasteiger partial charge in [0, 0.05) is 5.69 Å². The fourth-order valence-electron chi connectivity index (χ4n) is 2.34. The Morgan fingerprint density at radius 1 is 1.12 bits per heavy atom. The molecule has 4 heteroatoms. The molecule has 0 aliphatic rings. The van der Waals surface area contributed by atoms with E-state index in [-0.39, 0.29) is 5.91 Å². The highest BCUT2D eigenvalue weighted by Gasteiger charge is 2.17. The van der Waals surface area contributed by atoms with Crippen LogP contribution in [0.4, 0.5) is 5.69 Å². The van der Waals surface area contributed by atoms with Gasteiger partial charge >= 0.3 is 0 Å². The van der Waals surface area contributed by atoms with Gasteiger partial charge in [0.2, 0.25) is 0 Å². The third-order valence-electron chi connectivity index (χ3n) is 3.70. The molecule has 25 heavy (non-hydrogen) atoms. The summed E-state index contributed by atoms with van der Waals surface area (Å²) < 4.78 is 11.3. The molecule has 4 nitrogen and oxygen atoms in total. The summed E-state index contributed by atoms with van der Waals surface area (Å²) in [6, 6.07) is 15.0. The number of nitrogens with one attached hydrogen (secondary N) is 1. The summed E-state index contributed by atoms with van der Waals surface area (Å²) in [4.78, 5) is 12.4. The fourth-order valence-corrected chi connectivity index (χ4v) is 2.34. The van der Waals surface area contributed by atoms with Crippen LogP contribution in [-0.4, -0.2) is 18.6 Å². The van der Waals surface area contributed by atoms with Crippen molar-refractivity contribution >= 4 is 11.6 Å². The minimum atomic E-state index is -0.600. The summed E-state index contributed by atoms with van der Waals surface area (Å²) in [6.07, 6.45) is 1.08. The molecule has 0 radical (unpaired) electrons. The molecule has 132 valence electrons. The number of hydrogen-bond acceptors (Lipinski definition) is 3. The van der Waals surface area contributed by atoms with E-state index in [1.807, 2.05) is 24.3 Å². The summed E-state index contributed by atoms with van der Waals surface area (Å²) in [5.41, 5.74) is 1.79. The molecule has 2 rings (SSSR count). The molecule has 0 bridgehead atoms. The van der Waals surface area contributed by atoms with Crippen molar-refractivity contribution in [3.8, 4) is 11.5 Å². The second-order valence-electron chi connectivity index (χ2n) is 6.07. The fraction of sp³-hybridized carbons (Fsp3) is 0.286. The minimum absolute atomic E-state index is 0.196. The molecule has 0 saturated carbocycles. The zero-order chi connectivity index (χ0) is 18.2. The normalized spacial score (nSPS) is 11.7. The first-order valence-electron chi connectivity index (χ1n) is 8.41. The Balaban J connectivity index is 1.97. The predicted octanol–water partition coefficient (Wildman–Crippen LogP) is 4.78. The third-order valence-corrected chi connectivity index (χ3v) is 3.70. The predicted molar refractivity (Wildman–Crippen MR) is 101 cm³/mol. The minimum Gasteiger partial charge on any atom is -0.490 e. The van der Waals surface area contributed by atoms with E-state index in [4.69, 9.17) is 9.47 Å². The molecule has 1 amide bonds. The van der Waals surface area contributed by atoms with Crippen LogP contribution in [0.2, 0.25) is 0 Å². The molecular formula is C21H25NO3. The van der Waals surface area contributed by atoms with Crippen LogP contribution < -0.4 is 14.8 Å². The van der Waals surface area contributed by atoms with Crippen molar-refractivity contribution in [1.29, 1.82) is 0 Å². The van der Waals surface area contributed by atoms with E-state index in [0.29, 0.717) is 18.2 Å². The highest BCUT2D eigenvalue weighted by molar-refractivity contribution is 5.94. The van der Waals surface area contributed by atoms with E-state index in [1.54, 1.807) is 37.3 Å². The Hall–Kier alpha value is -2.75. The Bertz CT molecular complexity index is 707. The summed E-state index contributed by atoms with van der Waals surface area (Å²) >= 11 is 0. The lowest BCUT2D eigenvalue weighted by Gasteiger charge is -2.18.